The molecule has 0 aromatic carbocycles. The third-order valence-corrected chi connectivity index (χ3v) is 3.17. The summed E-state index contributed by atoms with van der Waals surface area (Å²) in [5, 5.41) is 3.54. The largest absolute Gasteiger partial charge is 0.314 e. The van der Waals surface area contributed by atoms with Crippen molar-refractivity contribution in [3.63, 3.8) is 0 Å². The van der Waals surface area contributed by atoms with Gasteiger partial charge in [0.2, 0.25) is 0 Å². The van der Waals surface area contributed by atoms with E-state index in [9.17, 15) is 0 Å². The average Bonchev–Trinajstić information content (AvgIpc) is 2.31. The summed E-state index contributed by atoms with van der Waals surface area (Å²) in [6, 6.07) is 0.677. The number of hydrogen-bond acceptors (Lipinski definition) is 3. The van der Waals surface area contributed by atoms with Gasteiger partial charge in [-0.1, -0.05) is 13.3 Å². The summed E-state index contributed by atoms with van der Waals surface area (Å²) in [7, 11) is 0. The Bertz CT molecular complexity index is 284. The Kier molecular flexibility index (Phi) is 3.67. The molecular weight excluding hydrogens is 186 g/mol. The fraction of sp³-hybridized carbons (Fsp3) is 0.667. The van der Waals surface area contributed by atoms with E-state index in [2.05, 4.69) is 22.2 Å². The molecule has 1 aliphatic carbocycles. The molecule has 2 rings (SSSR count). The Hall–Kier alpha value is -0.960. The number of aromatic nitrogens is 2. The highest BCUT2D eigenvalue weighted by Crippen LogP contribution is 2.31. The third-order valence-electron chi connectivity index (χ3n) is 3.17. The summed E-state index contributed by atoms with van der Waals surface area (Å²) < 4.78 is 0. The van der Waals surface area contributed by atoms with Crippen LogP contribution in [-0.4, -0.2) is 22.6 Å². The van der Waals surface area contributed by atoms with E-state index in [0.29, 0.717) is 12.0 Å². The Labute approximate surface area is 91.3 Å². The van der Waals surface area contributed by atoms with Gasteiger partial charge in [0, 0.05) is 30.6 Å². The summed E-state index contributed by atoms with van der Waals surface area (Å²) in [4.78, 5) is 8.55. The van der Waals surface area contributed by atoms with Crippen molar-refractivity contribution in [2.45, 2.75) is 44.6 Å². The van der Waals surface area contributed by atoms with E-state index < -0.39 is 0 Å². The maximum atomic E-state index is 4.41. The normalized spacial score (nSPS) is 26.5. The van der Waals surface area contributed by atoms with E-state index in [0.717, 1.165) is 6.54 Å². The van der Waals surface area contributed by atoms with E-state index in [-0.39, 0.29) is 0 Å². The lowest BCUT2D eigenvalue weighted by Crippen LogP contribution is -2.33. The minimum Gasteiger partial charge on any atom is -0.314 e. The molecule has 3 nitrogen and oxygen atoms in total. The monoisotopic (exact) mass is 205 g/mol. The zero-order valence-electron chi connectivity index (χ0n) is 9.32. The Balaban J connectivity index is 1.98. The van der Waals surface area contributed by atoms with E-state index >= 15 is 0 Å². The van der Waals surface area contributed by atoms with Gasteiger partial charge >= 0.3 is 0 Å². The molecule has 0 amide bonds. The van der Waals surface area contributed by atoms with Crippen molar-refractivity contribution in [3.8, 4) is 0 Å². The van der Waals surface area contributed by atoms with E-state index in [4.69, 9.17) is 0 Å². The van der Waals surface area contributed by atoms with Gasteiger partial charge in [0.15, 0.2) is 0 Å². The summed E-state index contributed by atoms with van der Waals surface area (Å²) in [5.74, 6) is 0.608. The summed E-state index contributed by atoms with van der Waals surface area (Å²) in [6.45, 7) is 3.24. The van der Waals surface area contributed by atoms with Crippen LogP contribution in [0.1, 0.15) is 44.2 Å². The molecule has 1 aromatic heterocycles. The fourth-order valence-electron chi connectivity index (χ4n) is 2.45. The first-order chi connectivity index (χ1) is 7.40. The van der Waals surface area contributed by atoms with Crippen LogP contribution in [0.5, 0.6) is 0 Å². The predicted octanol–water partition coefficient (Wildman–Crippen LogP) is 2.11. The zero-order valence-corrected chi connectivity index (χ0v) is 9.32. The molecule has 1 saturated carbocycles. The van der Waals surface area contributed by atoms with E-state index in [1.807, 2.05) is 6.20 Å². The van der Waals surface area contributed by atoms with Crippen molar-refractivity contribution in [2.24, 2.45) is 0 Å². The van der Waals surface area contributed by atoms with Gasteiger partial charge in [-0.25, -0.2) is 0 Å². The first-order valence-electron chi connectivity index (χ1n) is 5.89. The van der Waals surface area contributed by atoms with Crippen molar-refractivity contribution < 1.29 is 0 Å². The molecule has 0 spiro atoms. The van der Waals surface area contributed by atoms with E-state index in [1.54, 1.807) is 12.4 Å². The summed E-state index contributed by atoms with van der Waals surface area (Å²) in [5.41, 5.74) is 1.17. The van der Waals surface area contributed by atoms with Crippen LogP contribution in [0.15, 0.2) is 18.6 Å². The molecule has 0 radical (unpaired) electrons. The number of nitrogens with one attached hydrogen (secondary N) is 1. The molecule has 1 heterocycles. The Morgan fingerprint density at radius 2 is 2.33 bits per heavy atom. The van der Waals surface area contributed by atoms with Gasteiger partial charge in [0.05, 0.1) is 5.69 Å². The second-order valence-electron chi connectivity index (χ2n) is 4.25. The van der Waals surface area contributed by atoms with Crippen LogP contribution in [0.3, 0.4) is 0 Å². The molecule has 1 aliphatic rings. The summed E-state index contributed by atoms with van der Waals surface area (Å²) in [6.07, 6.45) is 10.6. The number of hydrogen-bond donors (Lipinski definition) is 1. The van der Waals surface area contributed by atoms with Gasteiger partial charge in [-0.3, -0.25) is 9.97 Å². The summed E-state index contributed by atoms with van der Waals surface area (Å²) >= 11 is 0. The van der Waals surface area contributed by atoms with Gasteiger partial charge in [-0.05, 0) is 25.8 Å². The molecule has 0 saturated heterocycles. The van der Waals surface area contributed by atoms with Crippen molar-refractivity contribution in [2.75, 3.05) is 6.54 Å². The lowest BCUT2D eigenvalue weighted by atomic mass is 9.84. The van der Waals surface area contributed by atoms with Gasteiger partial charge in [-0.15, -0.1) is 0 Å². The zero-order chi connectivity index (χ0) is 10.5. The lowest BCUT2D eigenvalue weighted by Gasteiger charge is -2.29. The van der Waals surface area contributed by atoms with Crippen LogP contribution < -0.4 is 5.32 Å². The maximum Gasteiger partial charge on any atom is 0.0618 e. The highest BCUT2D eigenvalue weighted by Gasteiger charge is 2.23. The molecule has 1 N–H and O–H groups in total. The van der Waals surface area contributed by atoms with Crippen LogP contribution in [0, 0.1) is 0 Å². The molecule has 15 heavy (non-hydrogen) atoms. The Morgan fingerprint density at radius 3 is 3.07 bits per heavy atom. The minimum absolute atomic E-state index is 0.608. The highest BCUT2D eigenvalue weighted by molar-refractivity contribution is 5.05. The van der Waals surface area contributed by atoms with Crippen LogP contribution in [0.4, 0.5) is 0 Å². The SMILES string of the molecule is CCNC1CCCC(c2cnccn2)C1. The van der Waals surface area contributed by atoms with Gasteiger partial charge in [0.25, 0.3) is 0 Å². The van der Waals surface area contributed by atoms with Crippen LogP contribution in [0.25, 0.3) is 0 Å². The van der Waals surface area contributed by atoms with Crippen LogP contribution >= 0.6 is 0 Å². The first kappa shape index (κ1) is 10.6. The van der Waals surface area contributed by atoms with Gasteiger partial charge in [-0.2, -0.15) is 0 Å². The topological polar surface area (TPSA) is 37.8 Å². The molecule has 0 aliphatic heterocycles. The third kappa shape index (κ3) is 2.75. The minimum atomic E-state index is 0.608. The van der Waals surface area contributed by atoms with Crippen molar-refractivity contribution in [3.05, 3.63) is 24.3 Å². The lowest BCUT2D eigenvalue weighted by molar-refractivity contribution is 0.340. The van der Waals surface area contributed by atoms with Crippen molar-refractivity contribution in [1.82, 2.24) is 15.3 Å². The molecule has 0 bridgehead atoms. The quantitative estimate of drug-likeness (QED) is 0.821. The fourth-order valence-corrected chi connectivity index (χ4v) is 2.45. The van der Waals surface area contributed by atoms with Gasteiger partial charge < -0.3 is 5.32 Å². The molecule has 1 fully saturated rings. The molecule has 3 heteroatoms. The highest BCUT2D eigenvalue weighted by atomic mass is 14.9. The molecule has 1 aromatic rings. The molecular formula is C12H19N3. The van der Waals surface area contributed by atoms with Gasteiger partial charge in [0.1, 0.15) is 0 Å². The molecule has 2 unspecified atom stereocenters. The Morgan fingerprint density at radius 1 is 1.40 bits per heavy atom. The van der Waals surface area contributed by atoms with Crippen LogP contribution in [0.2, 0.25) is 0 Å². The number of rotatable bonds is 3. The molecule has 2 atom stereocenters. The number of nitrogens with zero attached hydrogens (tertiary/aromatic N) is 2. The second-order valence-corrected chi connectivity index (χ2v) is 4.25. The van der Waals surface area contributed by atoms with Crippen molar-refractivity contribution >= 4 is 0 Å². The van der Waals surface area contributed by atoms with Crippen LogP contribution in [-0.2, 0) is 0 Å². The van der Waals surface area contributed by atoms with Crippen molar-refractivity contribution in [1.29, 1.82) is 0 Å². The maximum absolute atomic E-state index is 4.41. The van der Waals surface area contributed by atoms with E-state index in [1.165, 1.54) is 31.4 Å². The smallest absolute Gasteiger partial charge is 0.0618 e. The second kappa shape index (κ2) is 5.21. The predicted molar refractivity (Wildman–Crippen MR) is 60.7 cm³/mol. The average molecular weight is 205 g/mol. The standard InChI is InChI=1S/C12H19N3/c1-2-14-11-5-3-4-10(8-11)12-9-13-6-7-15-12/h6-7,9-11,14H,2-5,8H2,1H3. The first-order valence-corrected chi connectivity index (χ1v) is 5.89. The molecule has 82 valence electrons.